The number of allylic oxidation sites excluding steroid dienone is 1. The van der Waals surface area contributed by atoms with Crippen molar-refractivity contribution in [3.63, 3.8) is 0 Å². The first-order valence-corrected chi connectivity index (χ1v) is 8.66. The summed E-state index contributed by atoms with van der Waals surface area (Å²) in [7, 11) is 0. The number of nitrogens with zero attached hydrogens (tertiary/aromatic N) is 3. The molecule has 5 nitrogen and oxygen atoms in total. The summed E-state index contributed by atoms with van der Waals surface area (Å²) >= 11 is 12.6. The lowest BCUT2D eigenvalue weighted by Crippen LogP contribution is -2.24. The number of halogens is 3. The van der Waals surface area contributed by atoms with Gasteiger partial charge >= 0.3 is 0 Å². The van der Waals surface area contributed by atoms with E-state index in [0.29, 0.717) is 29.4 Å². The highest BCUT2D eigenvalue weighted by Crippen LogP contribution is 2.40. The zero-order chi connectivity index (χ0) is 18.8. The molecular formula is C18H17Cl2FN4O. The van der Waals surface area contributed by atoms with E-state index < -0.39 is 5.82 Å². The van der Waals surface area contributed by atoms with Gasteiger partial charge in [0.15, 0.2) is 5.65 Å². The van der Waals surface area contributed by atoms with Crippen LogP contribution < -0.4 is 5.32 Å². The number of hydrogen-bond donors (Lipinski definition) is 1. The van der Waals surface area contributed by atoms with Gasteiger partial charge in [-0.1, -0.05) is 35.8 Å². The van der Waals surface area contributed by atoms with E-state index in [2.05, 4.69) is 22.0 Å². The van der Waals surface area contributed by atoms with E-state index in [9.17, 15) is 4.39 Å². The summed E-state index contributed by atoms with van der Waals surface area (Å²) in [6.45, 7) is 7.76. The van der Waals surface area contributed by atoms with Gasteiger partial charge in [0.1, 0.15) is 23.4 Å². The maximum Gasteiger partial charge on any atom is 0.159 e. The second-order valence-electron chi connectivity index (χ2n) is 5.88. The molecule has 0 spiro atoms. The van der Waals surface area contributed by atoms with E-state index in [1.165, 1.54) is 12.1 Å². The molecule has 1 atom stereocenters. The standard InChI is InChI=1S/C18H17Cl2FN4O/c1-10(2)26-9-11(3)23-18-16(15-12(19)5-4-6-13(15)21)17(20)24-14-7-8-22-25(14)18/h4-8,11,23H,1,9H2,2-3H3. The van der Waals surface area contributed by atoms with Crippen LogP contribution in [0.15, 0.2) is 42.8 Å². The molecule has 0 saturated heterocycles. The number of rotatable bonds is 6. The molecule has 2 aromatic heterocycles. The summed E-state index contributed by atoms with van der Waals surface area (Å²) in [5.41, 5.74) is 1.04. The van der Waals surface area contributed by atoms with Crippen LogP contribution >= 0.6 is 23.2 Å². The first-order chi connectivity index (χ1) is 12.4. The lowest BCUT2D eigenvalue weighted by atomic mass is 10.1. The first-order valence-electron chi connectivity index (χ1n) is 7.91. The van der Waals surface area contributed by atoms with Crippen molar-refractivity contribution < 1.29 is 9.13 Å². The van der Waals surface area contributed by atoms with Gasteiger partial charge < -0.3 is 10.1 Å². The number of hydrogen-bond acceptors (Lipinski definition) is 4. The van der Waals surface area contributed by atoms with Gasteiger partial charge in [-0.25, -0.2) is 9.37 Å². The molecule has 0 aliphatic rings. The molecule has 8 heteroatoms. The van der Waals surface area contributed by atoms with Crippen LogP contribution in [0.5, 0.6) is 0 Å². The van der Waals surface area contributed by atoms with Crippen molar-refractivity contribution in [2.75, 3.05) is 11.9 Å². The quantitative estimate of drug-likeness (QED) is 0.461. The third-order valence-electron chi connectivity index (χ3n) is 3.67. The summed E-state index contributed by atoms with van der Waals surface area (Å²) in [6.07, 6.45) is 1.59. The number of fused-ring (bicyclic) bond motifs is 1. The highest BCUT2D eigenvalue weighted by Gasteiger charge is 2.23. The van der Waals surface area contributed by atoms with Crippen LogP contribution in [-0.4, -0.2) is 27.2 Å². The van der Waals surface area contributed by atoms with Gasteiger partial charge in [0.25, 0.3) is 0 Å². The van der Waals surface area contributed by atoms with Crippen LogP contribution in [0, 0.1) is 5.82 Å². The fourth-order valence-corrected chi connectivity index (χ4v) is 3.08. The predicted octanol–water partition coefficient (Wildman–Crippen LogP) is 5.19. The van der Waals surface area contributed by atoms with E-state index in [-0.39, 0.29) is 21.8 Å². The van der Waals surface area contributed by atoms with E-state index in [0.717, 1.165) is 0 Å². The Labute approximate surface area is 160 Å². The van der Waals surface area contributed by atoms with Crippen LogP contribution in [-0.2, 0) is 4.74 Å². The minimum absolute atomic E-state index is 0.125. The summed E-state index contributed by atoms with van der Waals surface area (Å²) in [5.74, 6) is 0.587. The van der Waals surface area contributed by atoms with Gasteiger partial charge in [-0.2, -0.15) is 9.61 Å². The monoisotopic (exact) mass is 394 g/mol. The molecule has 0 fully saturated rings. The average Bonchev–Trinajstić information content (AvgIpc) is 3.03. The zero-order valence-electron chi connectivity index (χ0n) is 14.3. The molecule has 0 aliphatic carbocycles. The zero-order valence-corrected chi connectivity index (χ0v) is 15.8. The van der Waals surface area contributed by atoms with Gasteiger partial charge in [-0.3, -0.25) is 0 Å². The Kier molecular flexibility index (Phi) is 5.34. The Bertz CT molecular complexity index is 953. The number of ether oxygens (including phenoxy) is 1. The molecule has 2 heterocycles. The van der Waals surface area contributed by atoms with Gasteiger partial charge in [-0.05, 0) is 26.0 Å². The van der Waals surface area contributed by atoms with Crippen molar-refractivity contribution in [1.29, 1.82) is 0 Å². The Morgan fingerprint density at radius 2 is 2.12 bits per heavy atom. The second kappa shape index (κ2) is 7.51. The van der Waals surface area contributed by atoms with Gasteiger partial charge in [-0.15, -0.1) is 0 Å². The third-order valence-corrected chi connectivity index (χ3v) is 4.25. The molecule has 136 valence electrons. The van der Waals surface area contributed by atoms with E-state index in [4.69, 9.17) is 27.9 Å². The van der Waals surface area contributed by atoms with Crippen LogP contribution in [0.2, 0.25) is 10.2 Å². The molecular weight excluding hydrogens is 378 g/mol. The van der Waals surface area contributed by atoms with Gasteiger partial charge in [0, 0.05) is 11.6 Å². The Hall–Kier alpha value is -2.31. The van der Waals surface area contributed by atoms with Crippen LogP contribution in [0.3, 0.4) is 0 Å². The van der Waals surface area contributed by atoms with Gasteiger partial charge in [0.2, 0.25) is 0 Å². The van der Waals surface area contributed by atoms with Crippen LogP contribution in [0.25, 0.3) is 16.8 Å². The molecule has 0 aliphatic heterocycles. The van der Waals surface area contributed by atoms with Crippen molar-refractivity contribution in [2.24, 2.45) is 0 Å². The molecule has 1 unspecified atom stereocenters. The maximum atomic E-state index is 14.5. The summed E-state index contributed by atoms with van der Waals surface area (Å²) < 4.78 is 21.6. The van der Waals surface area contributed by atoms with Crippen LogP contribution in [0.1, 0.15) is 13.8 Å². The molecule has 0 bridgehead atoms. The van der Waals surface area contributed by atoms with Crippen molar-refractivity contribution in [3.8, 4) is 11.1 Å². The number of benzene rings is 1. The highest BCUT2D eigenvalue weighted by molar-refractivity contribution is 6.36. The minimum atomic E-state index is -0.499. The van der Waals surface area contributed by atoms with E-state index >= 15 is 0 Å². The molecule has 1 aromatic carbocycles. The fourth-order valence-electron chi connectivity index (χ4n) is 2.55. The van der Waals surface area contributed by atoms with E-state index in [1.54, 1.807) is 29.8 Å². The lowest BCUT2D eigenvalue weighted by Gasteiger charge is -2.20. The molecule has 3 rings (SSSR count). The summed E-state index contributed by atoms with van der Waals surface area (Å²) in [4.78, 5) is 4.29. The Morgan fingerprint density at radius 1 is 1.35 bits per heavy atom. The first kappa shape index (κ1) is 18.5. The molecule has 1 N–H and O–H groups in total. The van der Waals surface area contributed by atoms with Crippen molar-refractivity contribution in [1.82, 2.24) is 14.6 Å². The summed E-state index contributed by atoms with van der Waals surface area (Å²) in [6, 6.07) is 6.02. The van der Waals surface area contributed by atoms with Gasteiger partial charge in [0.05, 0.1) is 28.6 Å². The number of anilines is 1. The minimum Gasteiger partial charge on any atom is -0.497 e. The second-order valence-corrected chi connectivity index (χ2v) is 6.65. The normalized spacial score (nSPS) is 12.2. The predicted molar refractivity (Wildman–Crippen MR) is 102 cm³/mol. The molecule has 0 amide bonds. The largest absolute Gasteiger partial charge is 0.497 e. The topological polar surface area (TPSA) is 51.5 Å². The lowest BCUT2D eigenvalue weighted by molar-refractivity contribution is 0.206. The molecule has 3 aromatic rings. The Morgan fingerprint density at radius 3 is 2.81 bits per heavy atom. The molecule has 0 saturated carbocycles. The highest BCUT2D eigenvalue weighted by atomic mass is 35.5. The average molecular weight is 395 g/mol. The van der Waals surface area contributed by atoms with Crippen LogP contribution in [0.4, 0.5) is 10.2 Å². The molecule has 26 heavy (non-hydrogen) atoms. The van der Waals surface area contributed by atoms with Crippen molar-refractivity contribution >= 4 is 34.7 Å². The van der Waals surface area contributed by atoms with Crippen molar-refractivity contribution in [3.05, 3.63) is 58.8 Å². The fraction of sp³-hybridized carbons (Fsp3) is 0.222. The van der Waals surface area contributed by atoms with E-state index in [1.807, 2.05) is 6.92 Å². The number of aromatic nitrogens is 3. The number of nitrogens with one attached hydrogen (secondary N) is 1. The van der Waals surface area contributed by atoms with Crippen molar-refractivity contribution in [2.45, 2.75) is 19.9 Å². The third kappa shape index (κ3) is 3.61. The molecule has 0 radical (unpaired) electrons. The maximum absolute atomic E-state index is 14.5. The smallest absolute Gasteiger partial charge is 0.159 e. The Balaban J connectivity index is 2.16. The SMILES string of the molecule is C=C(C)OCC(C)Nc1c(-c2c(F)cccc2Cl)c(Cl)nc2ccnn12. The summed E-state index contributed by atoms with van der Waals surface area (Å²) in [5, 5.41) is 7.89.